The monoisotopic (exact) mass is 382 g/mol. The number of carbonyl (C=O) groups is 3. The number of benzene rings is 1. The molecule has 6 heteroatoms. The largest absolute Gasteiger partial charge is 0.506 e. The molecule has 3 amide bonds. The number of phenols is 1. The van der Waals surface area contributed by atoms with E-state index < -0.39 is 0 Å². The fourth-order valence-corrected chi connectivity index (χ4v) is 6.20. The zero-order valence-electron chi connectivity index (χ0n) is 15.8. The Bertz CT molecular complexity index is 802. The van der Waals surface area contributed by atoms with Crippen LogP contribution in [0.2, 0.25) is 0 Å². The van der Waals surface area contributed by atoms with Crippen molar-refractivity contribution < 1.29 is 19.5 Å². The van der Waals surface area contributed by atoms with Crippen LogP contribution in [-0.2, 0) is 14.4 Å². The summed E-state index contributed by atoms with van der Waals surface area (Å²) in [4.78, 5) is 40.1. The van der Waals surface area contributed by atoms with Crippen molar-refractivity contribution in [3.8, 4) is 5.75 Å². The van der Waals surface area contributed by atoms with E-state index in [0.29, 0.717) is 43.2 Å². The molecule has 4 atom stereocenters. The molecule has 3 aliphatic carbocycles. The van der Waals surface area contributed by atoms with Crippen molar-refractivity contribution >= 4 is 23.4 Å². The van der Waals surface area contributed by atoms with Gasteiger partial charge in [-0.25, -0.2) is 0 Å². The van der Waals surface area contributed by atoms with E-state index in [1.807, 2.05) is 0 Å². The Labute approximate surface area is 164 Å². The van der Waals surface area contributed by atoms with Crippen molar-refractivity contribution in [3.05, 3.63) is 24.3 Å². The number of hydrogen-bond acceptors (Lipinski definition) is 4. The van der Waals surface area contributed by atoms with Gasteiger partial charge < -0.3 is 10.4 Å². The van der Waals surface area contributed by atoms with E-state index in [2.05, 4.69) is 5.32 Å². The Hall–Kier alpha value is -2.37. The Morgan fingerprint density at radius 1 is 0.929 bits per heavy atom. The molecule has 6 nitrogen and oxygen atoms in total. The third-order valence-electron chi connectivity index (χ3n) is 7.56. The number of nitrogens with zero attached hydrogens (tertiary/aromatic N) is 1. The quantitative estimate of drug-likeness (QED) is 0.622. The lowest BCUT2D eigenvalue weighted by molar-refractivity contribution is -0.144. The number of carbonyl (C=O) groups excluding carboxylic acids is 3. The Balaban J connectivity index is 1.22. The average Bonchev–Trinajstić information content (AvgIpc) is 3.38. The van der Waals surface area contributed by atoms with Gasteiger partial charge in [0.05, 0.1) is 17.5 Å². The number of fused-ring (bicyclic) bond motifs is 5. The molecule has 0 radical (unpaired) electrons. The summed E-state index contributed by atoms with van der Waals surface area (Å²) < 4.78 is 0. The summed E-state index contributed by atoms with van der Waals surface area (Å²) in [7, 11) is 0. The van der Waals surface area contributed by atoms with Gasteiger partial charge in [0.1, 0.15) is 5.75 Å². The van der Waals surface area contributed by atoms with Crippen LogP contribution in [0.25, 0.3) is 0 Å². The molecule has 1 aliphatic heterocycles. The van der Waals surface area contributed by atoms with Crippen molar-refractivity contribution in [2.75, 3.05) is 5.32 Å². The van der Waals surface area contributed by atoms with E-state index in [1.54, 1.807) is 29.2 Å². The summed E-state index contributed by atoms with van der Waals surface area (Å²) in [5.41, 5.74) is 0.419. The zero-order valence-corrected chi connectivity index (χ0v) is 15.8. The van der Waals surface area contributed by atoms with Gasteiger partial charge in [-0.1, -0.05) is 12.1 Å². The van der Waals surface area contributed by atoms with Crippen LogP contribution in [0, 0.1) is 29.6 Å². The topological polar surface area (TPSA) is 86.7 Å². The van der Waals surface area contributed by atoms with Gasteiger partial charge in [-0.15, -0.1) is 0 Å². The van der Waals surface area contributed by atoms with Crippen molar-refractivity contribution in [3.63, 3.8) is 0 Å². The average molecular weight is 382 g/mol. The lowest BCUT2D eigenvalue weighted by atomic mass is 9.81. The number of amides is 3. The minimum Gasteiger partial charge on any atom is -0.506 e. The van der Waals surface area contributed by atoms with Crippen LogP contribution in [-0.4, -0.2) is 33.8 Å². The molecule has 3 saturated carbocycles. The highest BCUT2D eigenvalue weighted by Gasteiger charge is 2.61. The van der Waals surface area contributed by atoms with Gasteiger partial charge in [-0.3, -0.25) is 19.3 Å². The summed E-state index contributed by atoms with van der Waals surface area (Å²) in [5.74, 6) is 0.622. The second kappa shape index (κ2) is 6.61. The van der Waals surface area contributed by atoms with Crippen LogP contribution >= 0.6 is 0 Å². The van der Waals surface area contributed by atoms with Crippen LogP contribution in [0.5, 0.6) is 5.75 Å². The number of imide groups is 1. The second-order valence-corrected chi connectivity index (χ2v) is 8.94. The van der Waals surface area contributed by atoms with Gasteiger partial charge in [-0.05, 0) is 68.9 Å². The number of likely N-dealkylation sites (tertiary alicyclic amines) is 1. The van der Waals surface area contributed by atoms with Crippen LogP contribution < -0.4 is 5.32 Å². The Kier molecular flexibility index (Phi) is 4.18. The van der Waals surface area contributed by atoms with E-state index in [1.165, 1.54) is 0 Å². The van der Waals surface area contributed by atoms with Gasteiger partial charge in [0.2, 0.25) is 17.7 Å². The highest BCUT2D eigenvalue weighted by molar-refractivity contribution is 6.06. The molecule has 0 aromatic heterocycles. The van der Waals surface area contributed by atoms with Crippen molar-refractivity contribution in [1.29, 1.82) is 0 Å². The molecule has 148 valence electrons. The highest BCUT2D eigenvalue weighted by atomic mass is 16.3. The summed E-state index contributed by atoms with van der Waals surface area (Å²) in [6, 6.07) is 6.64. The lowest BCUT2D eigenvalue weighted by Gasteiger charge is -2.33. The Morgan fingerprint density at radius 3 is 2.14 bits per heavy atom. The van der Waals surface area contributed by atoms with Gasteiger partial charge in [0.15, 0.2) is 0 Å². The van der Waals surface area contributed by atoms with E-state index >= 15 is 0 Å². The van der Waals surface area contributed by atoms with Crippen molar-refractivity contribution in [2.45, 2.75) is 51.0 Å². The zero-order chi connectivity index (χ0) is 19.4. The molecule has 0 spiro atoms. The highest BCUT2D eigenvalue weighted by Crippen LogP contribution is 2.56. The van der Waals surface area contributed by atoms with Gasteiger partial charge >= 0.3 is 0 Å². The first-order valence-electron chi connectivity index (χ1n) is 10.5. The molecule has 4 fully saturated rings. The molecule has 28 heavy (non-hydrogen) atoms. The molecule has 1 aromatic rings. The van der Waals surface area contributed by atoms with Crippen LogP contribution in [0.1, 0.15) is 44.9 Å². The molecule has 2 bridgehead atoms. The number of anilines is 1. The van der Waals surface area contributed by atoms with Gasteiger partial charge in [-0.2, -0.15) is 0 Å². The third kappa shape index (κ3) is 2.65. The fourth-order valence-electron chi connectivity index (χ4n) is 6.20. The first kappa shape index (κ1) is 17.7. The summed E-state index contributed by atoms with van der Waals surface area (Å²) in [5, 5.41) is 12.6. The number of nitrogens with one attached hydrogen (secondary N) is 1. The summed E-state index contributed by atoms with van der Waals surface area (Å²) in [6.07, 6.45) is 5.93. The van der Waals surface area contributed by atoms with Gasteiger partial charge in [0.25, 0.3) is 0 Å². The molecule has 2 N–H and O–H groups in total. The Morgan fingerprint density at radius 2 is 1.54 bits per heavy atom. The fraction of sp³-hybridized carbons (Fsp3) is 0.591. The summed E-state index contributed by atoms with van der Waals surface area (Å²) in [6.45, 7) is 0. The smallest absolute Gasteiger partial charge is 0.233 e. The second-order valence-electron chi connectivity index (χ2n) is 8.94. The maximum absolute atomic E-state index is 13.0. The molecule has 0 unspecified atom stereocenters. The molecule has 1 saturated heterocycles. The van der Waals surface area contributed by atoms with Gasteiger partial charge in [0, 0.05) is 12.0 Å². The van der Waals surface area contributed by atoms with E-state index in [9.17, 15) is 19.5 Å². The van der Waals surface area contributed by atoms with E-state index in [-0.39, 0.29) is 47.3 Å². The maximum atomic E-state index is 13.0. The van der Waals surface area contributed by atoms with Crippen molar-refractivity contribution in [2.24, 2.45) is 29.6 Å². The minimum absolute atomic E-state index is 0.0546. The molecular weight excluding hydrogens is 356 g/mol. The first-order chi connectivity index (χ1) is 13.5. The minimum atomic E-state index is -0.153. The molecule has 1 heterocycles. The SMILES string of the molecule is O=C(Nc1ccccc1O)C1CCC(N2C(=O)[C@@H]3[C@@H]4CC[C@@H](C4)[C@@H]3C2=O)CC1. The third-order valence-corrected chi connectivity index (χ3v) is 7.56. The molecule has 4 aliphatic rings. The first-order valence-corrected chi connectivity index (χ1v) is 10.5. The molecular formula is C22H26N2O4. The van der Waals surface area contributed by atoms with Crippen LogP contribution in [0.15, 0.2) is 24.3 Å². The lowest BCUT2D eigenvalue weighted by Crippen LogP contribution is -2.44. The van der Waals surface area contributed by atoms with E-state index in [0.717, 1.165) is 19.3 Å². The molecule has 1 aromatic carbocycles. The number of phenolic OH excluding ortho intramolecular Hbond substituents is 1. The van der Waals surface area contributed by atoms with Crippen LogP contribution in [0.4, 0.5) is 5.69 Å². The maximum Gasteiger partial charge on any atom is 0.233 e. The predicted molar refractivity (Wildman–Crippen MR) is 102 cm³/mol. The number of rotatable bonds is 3. The number of hydrogen-bond donors (Lipinski definition) is 2. The summed E-state index contributed by atoms with van der Waals surface area (Å²) >= 11 is 0. The predicted octanol–water partition coefficient (Wildman–Crippen LogP) is 2.92. The standard InChI is InChI=1S/C22H26N2O4/c25-17-4-2-1-3-16(17)23-20(26)12-7-9-15(10-8-12)24-21(27)18-13-5-6-14(11-13)19(18)22(24)28/h1-4,12-15,18-19,25H,5-11H2,(H,23,26)/t12?,13-,14+,15?,18-,19+. The molecule has 5 rings (SSSR count). The van der Waals surface area contributed by atoms with Crippen LogP contribution in [0.3, 0.4) is 0 Å². The van der Waals surface area contributed by atoms with Crippen molar-refractivity contribution in [1.82, 2.24) is 4.90 Å². The number of para-hydroxylation sites is 2. The normalized spacial score (nSPS) is 36.6. The van der Waals surface area contributed by atoms with E-state index in [4.69, 9.17) is 0 Å². The number of aromatic hydroxyl groups is 1.